The van der Waals surface area contributed by atoms with Gasteiger partial charge in [0.2, 0.25) is 5.91 Å². The SMILES string of the molecule is CC(Cc1ccco1)NC(C)CN1CCCC1=O. The van der Waals surface area contributed by atoms with Crippen molar-refractivity contribution in [1.82, 2.24) is 10.2 Å². The van der Waals surface area contributed by atoms with E-state index in [0.29, 0.717) is 24.4 Å². The van der Waals surface area contributed by atoms with Crippen LogP contribution in [0.25, 0.3) is 0 Å². The molecule has 1 aliphatic heterocycles. The Labute approximate surface area is 108 Å². The van der Waals surface area contributed by atoms with Gasteiger partial charge in [0.1, 0.15) is 5.76 Å². The van der Waals surface area contributed by atoms with E-state index >= 15 is 0 Å². The van der Waals surface area contributed by atoms with Gasteiger partial charge in [-0.05, 0) is 32.4 Å². The molecule has 0 radical (unpaired) electrons. The third kappa shape index (κ3) is 3.60. The molecule has 18 heavy (non-hydrogen) atoms. The van der Waals surface area contributed by atoms with E-state index in [1.165, 1.54) is 0 Å². The number of carbonyl (C=O) groups excluding carboxylic acids is 1. The summed E-state index contributed by atoms with van der Waals surface area (Å²) in [4.78, 5) is 13.5. The van der Waals surface area contributed by atoms with Crippen molar-refractivity contribution >= 4 is 5.91 Å². The molecule has 2 unspecified atom stereocenters. The van der Waals surface area contributed by atoms with Gasteiger partial charge in [0.05, 0.1) is 6.26 Å². The molecule has 1 saturated heterocycles. The molecule has 0 aromatic carbocycles. The molecule has 2 heterocycles. The Morgan fingerprint density at radius 1 is 1.44 bits per heavy atom. The normalized spacial score (nSPS) is 19.2. The minimum Gasteiger partial charge on any atom is -0.469 e. The second kappa shape index (κ2) is 6.05. The number of carbonyl (C=O) groups is 1. The summed E-state index contributed by atoms with van der Waals surface area (Å²) < 4.78 is 5.33. The minimum absolute atomic E-state index is 0.294. The number of likely N-dealkylation sites (tertiary alicyclic amines) is 1. The predicted molar refractivity (Wildman–Crippen MR) is 70.3 cm³/mol. The number of hydrogen-bond acceptors (Lipinski definition) is 3. The molecule has 0 bridgehead atoms. The Kier molecular flexibility index (Phi) is 4.42. The van der Waals surface area contributed by atoms with Crippen LogP contribution in [0.4, 0.5) is 0 Å². The Morgan fingerprint density at radius 3 is 2.89 bits per heavy atom. The summed E-state index contributed by atoms with van der Waals surface area (Å²) in [5.41, 5.74) is 0. The second-order valence-corrected chi connectivity index (χ2v) is 5.20. The summed E-state index contributed by atoms with van der Waals surface area (Å²) >= 11 is 0. The van der Waals surface area contributed by atoms with Gasteiger partial charge in [0.25, 0.3) is 0 Å². The van der Waals surface area contributed by atoms with E-state index in [2.05, 4.69) is 19.2 Å². The molecule has 2 atom stereocenters. The van der Waals surface area contributed by atoms with Crippen molar-refractivity contribution in [3.63, 3.8) is 0 Å². The Morgan fingerprint density at radius 2 is 2.28 bits per heavy atom. The highest BCUT2D eigenvalue weighted by atomic mass is 16.3. The van der Waals surface area contributed by atoms with Gasteiger partial charge < -0.3 is 14.6 Å². The molecule has 0 spiro atoms. The first-order valence-corrected chi connectivity index (χ1v) is 6.71. The Hall–Kier alpha value is -1.29. The number of amides is 1. The summed E-state index contributed by atoms with van der Waals surface area (Å²) in [5.74, 6) is 1.29. The number of hydrogen-bond donors (Lipinski definition) is 1. The van der Waals surface area contributed by atoms with Crippen LogP contribution in [-0.4, -0.2) is 36.0 Å². The van der Waals surface area contributed by atoms with Gasteiger partial charge in [-0.15, -0.1) is 0 Å². The van der Waals surface area contributed by atoms with Crippen LogP contribution >= 0.6 is 0 Å². The summed E-state index contributed by atoms with van der Waals surface area (Å²) in [6.07, 6.45) is 4.31. The van der Waals surface area contributed by atoms with Crippen molar-refractivity contribution < 1.29 is 9.21 Å². The quantitative estimate of drug-likeness (QED) is 0.837. The molecule has 1 fully saturated rings. The molecule has 1 aromatic rings. The average Bonchev–Trinajstić information content (AvgIpc) is 2.91. The number of nitrogens with zero attached hydrogens (tertiary/aromatic N) is 1. The zero-order valence-electron chi connectivity index (χ0n) is 11.2. The van der Waals surface area contributed by atoms with Gasteiger partial charge in [-0.25, -0.2) is 0 Å². The second-order valence-electron chi connectivity index (χ2n) is 5.20. The molecule has 1 amide bonds. The molecule has 4 nitrogen and oxygen atoms in total. The molecular formula is C14H22N2O2. The molecule has 100 valence electrons. The fourth-order valence-electron chi connectivity index (χ4n) is 2.56. The van der Waals surface area contributed by atoms with E-state index in [4.69, 9.17) is 4.42 Å². The smallest absolute Gasteiger partial charge is 0.222 e. The fourth-order valence-corrected chi connectivity index (χ4v) is 2.56. The average molecular weight is 250 g/mol. The van der Waals surface area contributed by atoms with Gasteiger partial charge >= 0.3 is 0 Å². The molecule has 0 aliphatic carbocycles. The fraction of sp³-hybridized carbons (Fsp3) is 0.643. The van der Waals surface area contributed by atoms with Crippen molar-refractivity contribution in [3.8, 4) is 0 Å². The van der Waals surface area contributed by atoms with Crippen LogP contribution in [0, 0.1) is 0 Å². The summed E-state index contributed by atoms with van der Waals surface area (Å²) in [7, 11) is 0. The first-order chi connectivity index (χ1) is 8.65. The standard InChI is InChI=1S/C14H22N2O2/c1-11(9-13-5-4-8-18-13)15-12(2)10-16-7-3-6-14(16)17/h4-5,8,11-12,15H,3,6-7,9-10H2,1-2H3. The molecule has 1 aromatic heterocycles. The maximum atomic E-state index is 11.5. The highest BCUT2D eigenvalue weighted by molar-refractivity contribution is 5.78. The molecular weight excluding hydrogens is 228 g/mol. The topological polar surface area (TPSA) is 45.5 Å². The van der Waals surface area contributed by atoms with Gasteiger partial charge in [-0.1, -0.05) is 0 Å². The van der Waals surface area contributed by atoms with Crippen molar-refractivity contribution in [2.45, 2.75) is 45.2 Å². The summed E-state index contributed by atoms with van der Waals surface area (Å²) in [5, 5.41) is 3.51. The van der Waals surface area contributed by atoms with Crippen LogP contribution < -0.4 is 5.32 Å². The third-order valence-electron chi connectivity index (χ3n) is 3.32. The lowest BCUT2D eigenvalue weighted by atomic mass is 10.1. The molecule has 1 N–H and O–H groups in total. The molecule has 2 rings (SSSR count). The van der Waals surface area contributed by atoms with Crippen molar-refractivity contribution in [2.24, 2.45) is 0 Å². The van der Waals surface area contributed by atoms with Crippen molar-refractivity contribution in [2.75, 3.05) is 13.1 Å². The Balaban J connectivity index is 1.73. The van der Waals surface area contributed by atoms with Gasteiger partial charge in [-0.2, -0.15) is 0 Å². The van der Waals surface area contributed by atoms with Crippen molar-refractivity contribution in [1.29, 1.82) is 0 Å². The van der Waals surface area contributed by atoms with E-state index in [-0.39, 0.29) is 0 Å². The third-order valence-corrected chi connectivity index (χ3v) is 3.32. The number of furan rings is 1. The predicted octanol–water partition coefficient (Wildman–Crippen LogP) is 1.81. The number of rotatable bonds is 6. The first kappa shape index (κ1) is 13.1. The van der Waals surface area contributed by atoms with Gasteiger partial charge in [0.15, 0.2) is 0 Å². The van der Waals surface area contributed by atoms with Crippen molar-refractivity contribution in [3.05, 3.63) is 24.2 Å². The Bertz CT molecular complexity index is 375. The van der Waals surface area contributed by atoms with Gasteiger partial charge in [-0.3, -0.25) is 4.79 Å². The lowest BCUT2D eigenvalue weighted by Gasteiger charge is -2.24. The van der Waals surface area contributed by atoms with E-state index in [1.54, 1.807) is 6.26 Å². The summed E-state index contributed by atoms with van der Waals surface area (Å²) in [6.45, 7) is 5.99. The highest BCUT2D eigenvalue weighted by Crippen LogP contribution is 2.10. The van der Waals surface area contributed by atoms with Crippen LogP contribution in [-0.2, 0) is 11.2 Å². The molecule has 4 heteroatoms. The lowest BCUT2D eigenvalue weighted by molar-refractivity contribution is -0.127. The monoisotopic (exact) mass is 250 g/mol. The maximum absolute atomic E-state index is 11.5. The molecule has 1 aliphatic rings. The van der Waals surface area contributed by atoms with Crippen LogP contribution in [0.3, 0.4) is 0 Å². The maximum Gasteiger partial charge on any atom is 0.222 e. The van der Waals surface area contributed by atoms with E-state index in [0.717, 1.165) is 31.7 Å². The van der Waals surface area contributed by atoms with Crippen LogP contribution in [0.15, 0.2) is 22.8 Å². The van der Waals surface area contributed by atoms with E-state index in [9.17, 15) is 4.79 Å². The molecule has 0 saturated carbocycles. The zero-order valence-corrected chi connectivity index (χ0v) is 11.2. The summed E-state index contributed by atoms with van der Waals surface area (Å²) in [6, 6.07) is 4.57. The van der Waals surface area contributed by atoms with Gasteiger partial charge in [0, 0.05) is 38.0 Å². The van der Waals surface area contributed by atoms with E-state index in [1.807, 2.05) is 17.0 Å². The highest BCUT2D eigenvalue weighted by Gasteiger charge is 2.22. The minimum atomic E-state index is 0.294. The van der Waals surface area contributed by atoms with Crippen LogP contribution in [0.1, 0.15) is 32.4 Å². The number of nitrogens with one attached hydrogen (secondary N) is 1. The lowest BCUT2D eigenvalue weighted by Crippen LogP contribution is -2.44. The first-order valence-electron chi connectivity index (χ1n) is 6.71. The van der Waals surface area contributed by atoms with E-state index < -0.39 is 0 Å². The largest absolute Gasteiger partial charge is 0.469 e. The zero-order chi connectivity index (χ0) is 13.0. The van der Waals surface area contributed by atoms with Crippen LogP contribution in [0.5, 0.6) is 0 Å². The van der Waals surface area contributed by atoms with Crippen LogP contribution in [0.2, 0.25) is 0 Å².